The van der Waals surface area contributed by atoms with Crippen LogP contribution >= 0.6 is 0 Å². The molecule has 3 rings (SSSR count). The summed E-state index contributed by atoms with van der Waals surface area (Å²) in [6.07, 6.45) is 4.12. The highest BCUT2D eigenvalue weighted by atomic mass is 16.5. The van der Waals surface area contributed by atoms with Crippen molar-refractivity contribution in [2.45, 2.75) is 32.3 Å². The lowest BCUT2D eigenvalue weighted by atomic mass is 10.1. The van der Waals surface area contributed by atoms with E-state index in [1.165, 1.54) is 11.2 Å². The third-order valence-corrected chi connectivity index (χ3v) is 4.38. The number of hydrogen-bond acceptors (Lipinski definition) is 5. The Morgan fingerprint density at radius 3 is 2.69 bits per heavy atom. The van der Waals surface area contributed by atoms with Crippen LogP contribution in [-0.4, -0.2) is 47.7 Å². The maximum absolute atomic E-state index is 12.9. The molecule has 1 aromatic heterocycles. The van der Waals surface area contributed by atoms with E-state index in [1.54, 1.807) is 18.2 Å². The van der Waals surface area contributed by atoms with Crippen molar-refractivity contribution in [3.63, 3.8) is 0 Å². The molecule has 2 aromatic rings. The van der Waals surface area contributed by atoms with Gasteiger partial charge in [0.25, 0.3) is 5.91 Å². The number of carbonyl (C=O) groups is 2. The maximum atomic E-state index is 12.9. The van der Waals surface area contributed by atoms with E-state index < -0.39 is 0 Å². The zero-order valence-corrected chi connectivity index (χ0v) is 14.8. The van der Waals surface area contributed by atoms with Crippen LogP contribution in [0.15, 0.2) is 41.1 Å². The first kappa shape index (κ1) is 18.1. The van der Waals surface area contributed by atoms with E-state index in [2.05, 4.69) is 17.4 Å². The Hall–Kier alpha value is -2.67. The van der Waals surface area contributed by atoms with Crippen molar-refractivity contribution in [2.75, 3.05) is 25.0 Å². The minimum atomic E-state index is -0.324. The van der Waals surface area contributed by atoms with Gasteiger partial charge in [0, 0.05) is 24.8 Å². The fraction of sp³-hybridized carbons (Fsp3) is 0.421. The molecule has 1 unspecified atom stereocenters. The number of aryl methyl sites for hydroxylation is 1. The van der Waals surface area contributed by atoms with Crippen molar-refractivity contribution in [2.24, 2.45) is 0 Å². The molecule has 2 heterocycles. The monoisotopic (exact) mass is 357 g/mol. The Kier molecular flexibility index (Phi) is 6.01. The van der Waals surface area contributed by atoms with Gasteiger partial charge in [-0.25, -0.2) is 0 Å². The summed E-state index contributed by atoms with van der Waals surface area (Å²) in [6.45, 7) is 3.08. The highest BCUT2D eigenvalue weighted by Gasteiger charge is 2.25. The van der Waals surface area contributed by atoms with Gasteiger partial charge in [-0.3, -0.25) is 9.59 Å². The summed E-state index contributed by atoms with van der Waals surface area (Å²) in [5, 5.41) is 6.28. The van der Waals surface area contributed by atoms with Gasteiger partial charge in [0.2, 0.25) is 5.91 Å². The van der Waals surface area contributed by atoms with Crippen LogP contribution in [0.25, 0.3) is 0 Å². The molecule has 1 fully saturated rings. The molecule has 0 spiro atoms. The minimum Gasteiger partial charge on any atom is -0.376 e. The molecule has 1 aliphatic heterocycles. The summed E-state index contributed by atoms with van der Waals surface area (Å²) in [4.78, 5) is 26.8. The number of rotatable bonds is 7. The van der Waals surface area contributed by atoms with Crippen LogP contribution in [0.2, 0.25) is 0 Å². The van der Waals surface area contributed by atoms with Crippen LogP contribution in [0, 0.1) is 0 Å². The van der Waals surface area contributed by atoms with Crippen molar-refractivity contribution in [1.29, 1.82) is 0 Å². The molecule has 0 saturated carbocycles. The Bertz CT molecular complexity index is 722. The van der Waals surface area contributed by atoms with E-state index in [0.717, 1.165) is 24.8 Å². The Balaban J connectivity index is 1.70. The summed E-state index contributed by atoms with van der Waals surface area (Å²) in [6, 6.07) is 9.03. The van der Waals surface area contributed by atoms with E-state index in [-0.39, 0.29) is 24.5 Å². The lowest BCUT2D eigenvalue weighted by Gasteiger charge is -2.25. The number of benzene rings is 1. The molecule has 1 saturated heterocycles. The number of amides is 2. The Morgan fingerprint density at radius 2 is 2.08 bits per heavy atom. The number of anilines is 1. The molecular weight excluding hydrogens is 334 g/mol. The van der Waals surface area contributed by atoms with Gasteiger partial charge in [-0.1, -0.05) is 24.2 Å². The van der Waals surface area contributed by atoms with Crippen molar-refractivity contribution >= 4 is 17.6 Å². The molecule has 0 radical (unpaired) electrons. The predicted molar refractivity (Wildman–Crippen MR) is 95.8 cm³/mol. The van der Waals surface area contributed by atoms with Crippen LogP contribution in [0.1, 0.15) is 35.7 Å². The van der Waals surface area contributed by atoms with E-state index >= 15 is 0 Å². The summed E-state index contributed by atoms with van der Waals surface area (Å²) in [5.74, 6) is -0.180. The van der Waals surface area contributed by atoms with E-state index in [9.17, 15) is 9.59 Å². The van der Waals surface area contributed by atoms with Gasteiger partial charge >= 0.3 is 0 Å². The average molecular weight is 357 g/mol. The predicted octanol–water partition coefficient (Wildman–Crippen LogP) is 2.50. The van der Waals surface area contributed by atoms with Crippen molar-refractivity contribution in [3.8, 4) is 0 Å². The molecule has 0 aliphatic carbocycles. The molecular formula is C19H23N3O4. The lowest BCUT2D eigenvalue weighted by molar-refractivity contribution is -0.117. The van der Waals surface area contributed by atoms with Gasteiger partial charge in [0.15, 0.2) is 5.82 Å². The largest absolute Gasteiger partial charge is 0.376 e. The first-order chi connectivity index (χ1) is 12.7. The van der Waals surface area contributed by atoms with E-state index in [4.69, 9.17) is 9.26 Å². The van der Waals surface area contributed by atoms with Gasteiger partial charge < -0.3 is 19.5 Å². The summed E-state index contributed by atoms with van der Waals surface area (Å²) < 4.78 is 10.3. The second-order valence-electron chi connectivity index (χ2n) is 6.30. The van der Waals surface area contributed by atoms with Crippen LogP contribution in [-0.2, 0) is 16.0 Å². The van der Waals surface area contributed by atoms with Gasteiger partial charge in [-0.15, -0.1) is 0 Å². The molecule has 7 heteroatoms. The topological polar surface area (TPSA) is 84.7 Å². The SMILES string of the molecule is CCc1ccc(C(=O)N(CC(=O)Nc2ccon2)CC2CCCO2)cc1. The minimum absolute atomic E-state index is 0.0336. The van der Waals surface area contributed by atoms with Gasteiger partial charge in [-0.05, 0) is 37.0 Å². The lowest BCUT2D eigenvalue weighted by Crippen LogP contribution is -2.42. The third kappa shape index (κ3) is 4.70. The van der Waals surface area contributed by atoms with Crippen LogP contribution in [0.4, 0.5) is 5.82 Å². The molecule has 1 N–H and O–H groups in total. The highest BCUT2D eigenvalue weighted by Crippen LogP contribution is 2.16. The summed E-state index contributed by atoms with van der Waals surface area (Å²) >= 11 is 0. The summed E-state index contributed by atoms with van der Waals surface area (Å²) in [5.41, 5.74) is 1.73. The fourth-order valence-corrected chi connectivity index (χ4v) is 2.95. The molecule has 7 nitrogen and oxygen atoms in total. The van der Waals surface area contributed by atoms with Crippen LogP contribution in [0.3, 0.4) is 0 Å². The van der Waals surface area contributed by atoms with Crippen molar-refractivity contribution < 1.29 is 18.8 Å². The molecule has 26 heavy (non-hydrogen) atoms. The van der Waals surface area contributed by atoms with Gasteiger partial charge in [-0.2, -0.15) is 0 Å². The first-order valence-electron chi connectivity index (χ1n) is 8.85. The Morgan fingerprint density at radius 1 is 1.27 bits per heavy atom. The second kappa shape index (κ2) is 8.62. The first-order valence-corrected chi connectivity index (χ1v) is 8.85. The van der Waals surface area contributed by atoms with Crippen LogP contribution in [0.5, 0.6) is 0 Å². The highest BCUT2D eigenvalue weighted by molar-refractivity contribution is 5.99. The third-order valence-electron chi connectivity index (χ3n) is 4.38. The maximum Gasteiger partial charge on any atom is 0.254 e. The molecule has 2 amide bonds. The fourth-order valence-electron chi connectivity index (χ4n) is 2.95. The number of carbonyl (C=O) groups excluding carboxylic acids is 2. The standard InChI is InChI=1S/C19H23N3O4/c1-2-14-5-7-15(8-6-14)19(24)22(12-16-4-3-10-25-16)13-18(23)20-17-9-11-26-21-17/h5-9,11,16H,2-4,10,12-13H2,1H3,(H,20,21,23). The number of nitrogens with zero attached hydrogens (tertiary/aromatic N) is 2. The molecule has 1 aromatic carbocycles. The smallest absolute Gasteiger partial charge is 0.254 e. The molecule has 1 atom stereocenters. The number of nitrogens with one attached hydrogen (secondary N) is 1. The van der Waals surface area contributed by atoms with Gasteiger partial charge in [0.1, 0.15) is 12.8 Å². The zero-order chi connectivity index (χ0) is 18.4. The number of hydrogen-bond donors (Lipinski definition) is 1. The molecule has 1 aliphatic rings. The van der Waals surface area contributed by atoms with Crippen molar-refractivity contribution in [3.05, 3.63) is 47.7 Å². The molecule has 138 valence electrons. The quantitative estimate of drug-likeness (QED) is 0.823. The molecule has 0 bridgehead atoms. The normalized spacial score (nSPS) is 16.4. The van der Waals surface area contributed by atoms with Crippen LogP contribution < -0.4 is 5.32 Å². The van der Waals surface area contributed by atoms with Crippen molar-refractivity contribution in [1.82, 2.24) is 10.1 Å². The average Bonchev–Trinajstić information content (AvgIpc) is 3.35. The van der Waals surface area contributed by atoms with E-state index in [1.807, 2.05) is 12.1 Å². The number of aromatic nitrogens is 1. The summed E-state index contributed by atoms with van der Waals surface area (Å²) in [7, 11) is 0. The zero-order valence-electron chi connectivity index (χ0n) is 14.8. The van der Waals surface area contributed by atoms with Gasteiger partial charge in [0.05, 0.1) is 6.10 Å². The number of ether oxygens (including phenoxy) is 1. The van der Waals surface area contributed by atoms with E-state index in [0.29, 0.717) is 24.5 Å². The Labute approximate surface area is 152 Å². The second-order valence-corrected chi connectivity index (χ2v) is 6.30.